The van der Waals surface area contributed by atoms with E-state index in [0.717, 1.165) is 19.3 Å². The minimum atomic E-state index is -1.96. The Kier molecular flexibility index (Phi) is 9.54. The molecule has 8 atom stereocenters. The van der Waals surface area contributed by atoms with Gasteiger partial charge in [-0.05, 0) is 38.3 Å². The standard InChI is InChI=1S/C36H54O8/c1-9-11-12-13-14-15-16-17-28(38)44-36-30(43-31(40)22(3)10-2)24(5)35(42)26(33(36,8)32(36,6)7)19-25(21-37)20-34(41)27(35)18-23(4)29(34)39/h10,18-19,24,26-27,30,37,41-42H,9,11-17,20-21H2,1-8H3/b22-10+/t24-,26+,27-,30-,33-,34-,35-,36-/m1/s1. The third-order valence-electron chi connectivity index (χ3n) is 12.2. The van der Waals surface area contributed by atoms with Crippen LogP contribution in [0.3, 0.4) is 0 Å². The Bertz CT molecular complexity index is 1260. The molecule has 246 valence electrons. The normalized spacial score (nSPS) is 38.9. The maximum absolute atomic E-state index is 13.6. The van der Waals surface area contributed by atoms with Crippen molar-refractivity contribution < 1.29 is 39.2 Å². The van der Waals surface area contributed by atoms with Crippen LogP contribution >= 0.6 is 0 Å². The molecule has 3 N–H and O–H groups in total. The molecule has 0 bridgehead atoms. The van der Waals surface area contributed by atoms with E-state index in [4.69, 9.17) is 9.47 Å². The van der Waals surface area contributed by atoms with Crippen LogP contribution in [-0.2, 0) is 23.9 Å². The van der Waals surface area contributed by atoms with Crippen LogP contribution in [0.15, 0.2) is 34.9 Å². The summed E-state index contributed by atoms with van der Waals surface area (Å²) in [4.78, 5) is 40.4. The predicted octanol–water partition coefficient (Wildman–Crippen LogP) is 5.53. The molecule has 0 spiro atoms. The van der Waals surface area contributed by atoms with Crippen molar-refractivity contribution in [3.05, 3.63) is 34.9 Å². The second-order valence-corrected chi connectivity index (χ2v) is 14.6. The monoisotopic (exact) mass is 614 g/mol. The zero-order chi connectivity index (χ0) is 32.9. The molecule has 4 aliphatic rings. The average Bonchev–Trinajstić information content (AvgIpc) is 3.29. The molecule has 0 amide bonds. The molecule has 2 saturated carbocycles. The van der Waals surface area contributed by atoms with Gasteiger partial charge in [-0.1, -0.05) is 91.4 Å². The van der Waals surface area contributed by atoms with Crippen LogP contribution in [0, 0.1) is 28.6 Å². The summed E-state index contributed by atoms with van der Waals surface area (Å²) >= 11 is 0. The molecular formula is C36H54O8. The second kappa shape index (κ2) is 12.1. The number of carbonyl (C=O) groups excluding carboxylic acids is 3. The van der Waals surface area contributed by atoms with Crippen LogP contribution in [0.1, 0.15) is 113 Å². The van der Waals surface area contributed by atoms with E-state index in [1.165, 1.54) is 19.3 Å². The van der Waals surface area contributed by atoms with Crippen LogP contribution in [0.25, 0.3) is 0 Å². The van der Waals surface area contributed by atoms with Crippen LogP contribution < -0.4 is 0 Å². The fraction of sp³-hybridized carbons (Fsp3) is 0.750. The molecule has 0 aromatic heterocycles. The van der Waals surface area contributed by atoms with E-state index in [9.17, 15) is 29.7 Å². The first-order chi connectivity index (χ1) is 20.6. The number of unbranched alkanes of at least 4 members (excludes halogenated alkanes) is 6. The molecule has 0 saturated heterocycles. The summed E-state index contributed by atoms with van der Waals surface area (Å²) in [5.41, 5.74) is -5.62. The zero-order valence-electron chi connectivity index (χ0n) is 28.0. The Balaban J connectivity index is 1.78. The fourth-order valence-electron chi connectivity index (χ4n) is 9.17. The molecule has 0 heterocycles. The van der Waals surface area contributed by atoms with Gasteiger partial charge in [-0.3, -0.25) is 9.59 Å². The van der Waals surface area contributed by atoms with Gasteiger partial charge in [0.15, 0.2) is 11.4 Å². The maximum Gasteiger partial charge on any atom is 0.333 e. The molecule has 8 heteroatoms. The molecule has 0 aromatic rings. The van der Waals surface area contributed by atoms with E-state index in [-0.39, 0.29) is 18.8 Å². The Morgan fingerprint density at radius 3 is 2.23 bits per heavy atom. The molecule has 4 aliphatic carbocycles. The Morgan fingerprint density at radius 2 is 1.64 bits per heavy atom. The molecular weight excluding hydrogens is 560 g/mol. The SMILES string of the molecule is C/C=C(\C)C(=O)O[C@@H]1[C@@H](C)[C@@]2(O)[C@@H](C=C(CO)C[C@]3(O)C(=O)C(C)=C[C@@H]23)[C@]2(C)C(C)(C)[C@]12OC(=O)CCCCCCCCC. The number of carbonyl (C=O) groups is 3. The van der Waals surface area contributed by atoms with Gasteiger partial charge < -0.3 is 24.8 Å². The topological polar surface area (TPSA) is 130 Å². The lowest BCUT2D eigenvalue weighted by molar-refractivity contribution is -0.238. The lowest BCUT2D eigenvalue weighted by Gasteiger charge is -2.55. The highest BCUT2D eigenvalue weighted by molar-refractivity contribution is 6.05. The van der Waals surface area contributed by atoms with Gasteiger partial charge in [0.2, 0.25) is 0 Å². The second-order valence-electron chi connectivity index (χ2n) is 14.6. The highest BCUT2D eigenvalue weighted by atomic mass is 16.6. The number of ether oxygens (including phenoxy) is 2. The number of fused-ring (bicyclic) bond motifs is 5. The van der Waals surface area contributed by atoms with Crippen LogP contribution in [0.2, 0.25) is 0 Å². The molecule has 44 heavy (non-hydrogen) atoms. The predicted molar refractivity (Wildman–Crippen MR) is 167 cm³/mol. The number of esters is 2. The number of rotatable bonds is 12. The van der Waals surface area contributed by atoms with Gasteiger partial charge in [0.05, 0.1) is 12.2 Å². The van der Waals surface area contributed by atoms with E-state index < -0.39 is 69.9 Å². The number of allylic oxidation sites excluding steroid dienone is 1. The first-order valence-electron chi connectivity index (χ1n) is 16.6. The van der Waals surface area contributed by atoms with E-state index in [2.05, 4.69) is 6.92 Å². The Morgan fingerprint density at radius 1 is 1.02 bits per heavy atom. The van der Waals surface area contributed by atoms with Crippen molar-refractivity contribution in [2.75, 3.05) is 6.61 Å². The van der Waals surface area contributed by atoms with Crippen molar-refractivity contribution in [2.24, 2.45) is 28.6 Å². The molecule has 4 rings (SSSR count). The number of aliphatic hydroxyl groups excluding tert-OH is 1. The lowest BCUT2D eigenvalue weighted by Crippen LogP contribution is -2.68. The number of ketones is 1. The van der Waals surface area contributed by atoms with Gasteiger partial charge in [0, 0.05) is 47.0 Å². The van der Waals surface area contributed by atoms with Gasteiger partial charge in [-0.15, -0.1) is 0 Å². The van der Waals surface area contributed by atoms with Gasteiger partial charge in [-0.2, -0.15) is 0 Å². The third kappa shape index (κ3) is 4.77. The van der Waals surface area contributed by atoms with Gasteiger partial charge in [-0.25, -0.2) is 4.79 Å². The third-order valence-corrected chi connectivity index (χ3v) is 12.2. The van der Waals surface area contributed by atoms with Crippen LogP contribution in [-0.4, -0.2) is 62.6 Å². The van der Waals surface area contributed by atoms with E-state index in [1.807, 2.05) is 20.8 Å². The highest BCUT2D eigenvalue weighted by Gasteiger charge is 2.94. The van der Waals surface area contributed by atoms with Gasteiger partial charge >= 0.3 is 11.9 Å². The number of Topliss-reactive ketones (excluding diaryl/α,β-unsaturated/α-hetero) is 1. The van der Waals surface area contributed by atoms with Gasteiger partial charge in [0.1, 0.15) is 11.7 Å². The van der Waals surface area contributed by atoms with E-state index >= 15 is 0 Å². The first kappa shape index (κ1) is 34.6. The summed E-state index contributed by atoms with van der Waals surface area (Å²) in [5, 5.41) is 35.3. The summed E-state index contributed by atoms with van der Waals surface area (Å²) in [6, 6.07) is 0. The lowest BCUT2D eigenvalue weighted by atomic mass is 9.55. The van der Waals surface area contributed by atoms with E-state index in [0.29, 0.717) is 23.1 Å². The van der Waals surface area contributed by atoms with Crippen molar-refractivity contribution in [1.82, 2.24) is 0 Å². The van der Waals surface area contributed by atoms with Gasteiger partial charge in [0.25, 0.3) is 0 Å². The molecule has 0 unspecified atom stereocenters. The van der Waals surface area contributed by atoms with Crippen molar-refractivity contribution in [2.45, 2.75) is 136 Å². The Hall–Kier alpha value is -2.29. The molecule has 0 radical (unpaired) electrons. The van der Waals surface area contributed by atoms with Crippen molar-refractivity contribution in [1.29, 1.82) is 0 Å². The quantitative estimate of drug-likeness (QED) is 0.113. The Labute approximate surface area is 263 Å². The summed E-state index contributed by atoms with van der Waals surface area (Å²) in [6.45, 7) is 14.4. The first-order valence-corrected chi connectivity index (χ1v) is 16.6. The van der Waals surface area contributed by atoms with Crippen molar-refractivity contribution >= 4 is 17.7 Å². The minimum Gasteiger partial charge on any atom is -0.454 e. The summed E-state index contributed by atoms with van der Waals surface area (Å²) in [6.07, 6.45) is 11.5. The van der Waals surface area contributed by atoms with Crippen LogP contribution in [0.5, 0.6) is 0 Å². The smallest absolute Gasteiger partial charge is 0.333 e. The van der Waals surface area contributed by atoms with Crippen LogP contribution in [0.4, 0.5) is 0 Å². The number of aliphatic hydroxyl groups is 3. The van der Waals surface area contributed by atoms with Crippen molar-refractivity contribution in [3.63, 3.8) is 0 Å². The molecule has 0 aromatic carbocycles. The number of hydrogen-bond donors (Lipinski definition) is 3. The average molecular weight is 615 g/mol. The fourth-order valence-corrected chi connectivity index (χ4v) is 9.17. The van der Waals surface area contributed by atoms with E-state index in [1.54, 1.807) is 45.9 Å². The summed E-state index contributed by atoms with van der Waals surface area (Å²) < 4.78 is 12.8. The summed E-state index contributed by atoms with van der Waals surface area (Å²) in [5.74, 6) is -4.06. The maximum atomic E-state index is 13.6. The molecule has 8 nitrogen and oxygen atoms in total. The highest BCUT2D eigenvalue weighted by Crippen LogP contribution is 2.84. The molecule has 2 fully saturated rings. The largest absolute Gasteiger partial charge is 0.454 e. The molecule has 0 aliphatic heterocycles. The van der Waals surface area contributed by atoms with Crippen molar-refractivity contribution in [3.8, 4) is 0 Å². The zero-order valence-corrected chi connectivity index (χ0v) is 28.0. The summed E-state index contributed by atoms with van der Waals surface area (Å²) in [7, 11) is 0. The minimum absolute atomic E-state index is 0.129. The number of hydrogen-bond acceptors (Lipinski definition) is 8.